The number of halogens is 1. The molecule has 37 heavy (non-hydrogen) atoms. The lowest BCUT2D eigenvalue weighted by molar-refractivity contribution is -0.172. The van der Waals surface area contributed by atoms with Gasteiger partial charge in [-0.25, -0.2) is 14.2 Å². The summed E-state index contributed by atoms with van der Waals surface area (Å²) in [5, 5.41) is 14.9. The van der Waals surface area contributed by atoms with Crippen LogP contribution < -0.4 is 10.9 Å². The molecule has 8 nitrogen and oxygen atoms in total. The van der Waals surface area contributed by atoms with Crippen molar-refractivity contribution in [3.05, 3.63) is 61.7 Å². The number of carbonyl (C=O) groups excluding carboxylic acids is 2. The van der Waals surface area contributed by atoms with Gasteiger partial charge in [0.1, 0.15) is 12.4 Å². The SMILES string of the molecule is CC.CCC1(O)C(=O)OCc2c1cc1n(c2=O)Cc2c-1nc1cc(F)c(C)c3c1c2C(NC(C)=O)CC3. The molecule has 0 saturated heterocycles. The fraction of sp³-hybridized carbons (Fsp3) is 0.429. The van der Waals surface area contributed by atoms with Gasteiger partial charge >= 0.3 is 5.97 Å². The Labute approximate surface area is 213 Å². The average molecular weight is 508 g/mol. The van der Waals surface area contributed by atoms with Gasteiger partial charge in [-0.2, -0.15) is 0 Å². The number of fused-ring (bicyclic) bond motifs is 5. The average Bonchev–Trinajstić information content (AvgIpc) is 3.25. The summed E-state index contributed by atoms with van der Waals surface area (Å²) in [5.74, 6) is -1.32. The molecule has 4 heterocycles. The van der Waals surface area contributed by atoms with Gasteiger partial charge in [-0.1, -0.05) is 20.8 Å². The highest BCUT2D eigenvalue weighted by Crippen LogP contribution is 2.45. The van der Waals surface area contributed by atoms with E-state index in [9.17, 15) is 23.9 Å². The van der Waals surface area contributed by atoms with Crippen LogP contribution in [-0.2, 0) is 39.5 Å². The topological polar surface area (TPSA) is 111 Å². The summed E-state index contributed by atoms with van der Waals surface area (Å²) in [6.45, 7) is 8.86. The summed E-state index contributed by atoms with van der Waals surface area (Å²) < 4.78 is 21.5. The minimum atomic E-state index is -1.93. The Morgan fingerprint density at radius 2 is 2.00 bits per heavy atom. The van der Waals surface area contributed by atoms with Gasteiger partial charge in [0.15, 0.2) is 5.60 Å². The predicted molar refractivity (Wildman–Crippen MR) is 135 cm³/mol. The van der Waals surface area contributed by atoms with E-state index in [0.29, 0.717) is 35.3 Å². The van der Waals surface area contributed by atoms with Crippen LogP contribution in [0.2, 0.25) is 0 Å². The van der Waals surface area contributed by atoms with E-state index in [1.807, 2.05) is 13.8 Å². The zero-order valence-corrected chi connectivity index (χ0v) is 21.6. The monoisotopic (exact) mass is 507 g/mol. The molecule has 3 aliphatic rings. The van der Waals surface area contributed by atoms with E-state index >= 15 is 0 Å². The lowest BCUT2D eigenvalue weighted by Crippen LogP contribution is -2.44. The number of pyridine rings is 2. The van der Waals surface area contributed by atoms with Crippen LogP contribution in [0.25, 0.3) is 22.3 Å². The molecule has 194 valence electrons. The van der Waals surface area contributed by atoms with Gasteiger partial charge in [0.25, 0.3) is 5.56 Å². The quantitative estimate of drug-likeness (QED) is 0.401. The highest BCUT2D eigenvalue weighted by atomic mass is 19.1. The van der Waals surface area contributed by atoms with Crippen LogP contribution in [0.15, 0.2) is 16.9 Å². The lowest BCUT2D eigenvalue weighted by atomic mass is 9.81. The summed E-state index contributed by atoms with van der Waals surface area (Å²) in [4.78, 5) is 42.8. The second-order valence-electron chi connectivity index (χ2n) is 9.60. The van der Waals surface area contributed by atoms with Gasteiger partial charge in [0, 0.05) is 29.5 Å². The number of hydrogen-bond donors (Lipinski definition) is 2. The number of nitrogens with one attached hydrogen (secondary N) is 1. The van der Waals surface area contributed by atoms with E-state index in [1.54, 1.807) is 24.5 Å². The van der Waals surface area contributed by atoms with Crippen LogP contribution >= 0.6 is 0 Å². The van der Waals surface area contributed by atoms with Crippen molar-refractivity contribution in [2.45, 2.75) is 78.7 Å². The fourth-order valence-corrected chi connectivity index (χ4v) is 5.94. The number of aliphatic hydroxyl groups is 1. The number of nitrogens with zero attached hydrogens (tertiary/aromatic N) is 2. The van der Waals surface area contributed by atoms with E-state index in [2.05, 4.69) is 5.32 Å². The maximum absolute atomic E-state index is 14.8. The number of hydrogen-bond acceptors (Lipinski definition) is 6. The summed E-state index contributed by atoms with van der Waals surface area (Å²) in [7, 11) is 0. The second-order valence-corrected chi connectivity index (χ2v) is 9.60. The van der Waals surface area contributed by atoms with Gasteiger partial charge in [-0.15, -0.1) is 0 Å². The number of rotatable bonds is 2. The molecule has 1 aliphatic carbocycles. The highest BCUT2D eigenvalue weighted by Gasteiger charge is 2.46. The Balaban J connectivity index is 0.00000137. The normalized spacial score (nSPS) is 20.8. The number of ether oxygens (including phenoxy) is 1. The molecule has 1 amide bonds. The first-order valence-corrected chi connectivity index (χ1v) is 12.7. The van der Waals surface area contributed by atoms with E-state index < -0.39 is 11.6 Å². The van der Waals surface area contributed by atoms with E-state index in [-0.39, 0.29) is 54.0 Å². The molecule has 0 fully saturated rings. The Morgan fingerprint density at radius 1 is 1.27 bits per heavy atom. The van der Waals surface area contributed by atoms with Crippen molar-refractivity contribution in [2.75, 3.05) is 0 Å². The first-order valence-electron chi connectivity index (χ1n) is 12.7. The van der Waals surface area contributed by atoms with E-state index in [1.165, 1.54) is 13.0 Å². The summed E-state index contributed by atoms with van der Waals surface area (Å²) in [5.41, 5.74) is 2.66. The van der Waals surface area contributed by atoms with Gasteiger partial charge < -0.3 is 19.7 Å². The smallest absolute Gasteiger partial charge is 0.343 e. The minimum Gasteiger partial charge on any atom is -0.458 e. The maximum atomic E-state index is 14.8. The maximum Gasteiger partial charge on any atom is 0.343 e. The van der Waals surface area contributed by atoms with Crippen molar-refractivity contribution in [1.29, 1.82) is 0 Å². The molecule has 3 aromatic rings. The lowest BCUT2D eigenvalue weighted by Gasteiger charge is -2.31. The molecule has 2 atom stereocenters. The Kier molecular flexibility index (Phi) is 5.94. The molecule has 1 aromatic carbocycles. The molecule has 9 heteroatoms. The molecule has 2 N–H and O–H groups in total. The molecule has 0 radical (unpaired) electrons. The molecule has 2 aromatic heterocycles. The number of carbonyl (C=O) groups is 2. The molecule has 0 saturated carbocycles. The zero-order valence-electron chi connectivity index (χ0n) is 21.6. The van der Waals surface area contributed by atoms with Crippen LogP contribution in [0.4, 0.5) is 4.39 Å². The molecule has 0 bridgehead atoms. The van der Waals surface area contributed by atoms with Crippen LogP contribution in [-0.4, -0.2) is 26.5 Å². The van der Waals surface area contributed by atoms with Crippen molar-refractivity contribution in [3.8, 4) is 11.4 Å². The predicted octanol–water partition coefficient (Wildman–Crippen LogP) is 3.68. The van der Waals surface area contributed by atoms with Gasteiger partial charge in [0.05, 0.1) is 35.1 Å². The molecular formula is C28H30FN3O5. The van der Waals surface area contributed by atoms with E-state index in [4.69, 9.17) is 9.72 Å². The zero-order chi connectivity index (χ0) is 26.8. The molecular weight excluding hydrogens is 477 g/mol. The standard InChI is InChI=1S/C26H24FN3O5.C2H6/c1-4-26(34)16-7-20-23-14(9-30(20)24(32)15(16)10-35-25(26)33)22-18(28-12(3)31)6-5-13-11(2)17(27)8-19(29-23)21(13)22;1-2/h7-8,18,34H,4-6,9-10H2,1-3H3,(H,28,31);1-2H3. The molecule has 6 rings (SSSR count). The summed E-state index contributed by atoms with van der Waals surface area (Å²) in [6.07, 6.45) is 1.24. The van der Waals surface area contributed by atoms with Crippen molar-refractivity contribution in [1.82, 2.24) is 14.9 Å². The second kappa shape index (κ2) is 8.76. The van der Waals surface area contributed by atoms with Gasteiger partial charge in [-0.05, 0) is 48.9 Å². The van der Waals surface area contributed by atoms with Crippen molar-refractivity contribution >= 4 is 22.8 Å². The molecule has 2 unspecified atom stereocenters. The van der Waals surface area contributed by atoms with Gasteiger partial charge in [-0.3, -0.25) is 9.59 Å². The van der Waals surface area contributed by atoms with Gasteiger partial charge in [0.2, 0.25) is 5.91 Å². The van der Waals surface area contributed by atoms with E-state index in [0.717, 1.165) is 22.1 Å². The summed E-state index contributed by atoms with van der Waals surface area (Å²) in [6, 6.07) is 2.73. The third-order valence-corrected chi connectivity index (χ3v) is 7.76. The first-order chi connectivity index (χ1) is 17.7. The number of esters is 1. The number of aromatic nitrogens is 2. The molecule has 0 spiro atoms. The number of benzene rings is 1. The van der Waals surface area contributed by atoms with Crippen LogP contribution in [0, 0.1) is 12.7 Å². The third kappa shape index (κ3) is 3.43. The minimum absolute atomic E-state index is 0.0451. The van der Waals surface area contributed by atoms with Crippen molar-refractivity contribution < 1.29 is 23.8 Å². The molecule has 2 aliphatic heterocycles. The van der Waals surface area contributed by atoms with Crippen molar-refractivity contribution in [2.24, 2.45) is 0 Å². The Hall–Kier alpha value is -3.59. The third-order valence-electron chi connectivity index (χ3n) is 7.76. The van der Waals surface area contributed by atoms with Crippen LogP contribution in [0.3, 0.4) is 0 Å². The highest BCUT2D eigenvalue weighted by molar-refractivity contribution is 5.93. The fourth-order valence-electron chi connectivity index (χ4n) is 5.94. The number of amides is 1. The summed E-state index contributed by atoms with van der Waals surface area (Å²) >= 11 is 0. The number of aryl methyl sites for hydroxylation is 1. The van der Waals surface area contributed by atoms with Crippen LogP contribution in [0.5, 0.6) is 0 Å². The Morgan fingerprint density at radius 3 is 2.68 bits per heavy atom. The largest absolute Gasteiger partial charge is 0.458 e. The Bertz CT molecular complexity index is 1560. The van der Waals surface area contributed by atoms with Crippen molar-refractivity contribution in [3.63, 3.8) is 0 Å². The first kappa shape index (κ1) is 25.1. The number of cyclic esters (lactones) is 1. The van der Waals surface area contributed by atoms with Crippen LogP contribution in [0.1, 0.15) is 80.0 Å².